The van der Waals surface area contributed by atoms with Crippen LogP contribution in [-0.4, -0.2) is 37.7 Å². The Kier molecular flexibility index (Phi) is 8.66. The number of nitrogens with one attached hydrogen (secondary N) is 1. The minimum absolute atomic E-state index is 0.172. The van der Waals surface area contributed by atoms with Gasteiger partial charge >= 0.3 is 5.97 Å². The molecule has 2 aromatic carbocycles. The summed E-state index contributed by atoms with van der Waals surface area (Å²) in [6.07, 6.45) is 2.25. The highest BCUT2D eigenvalue weighted by molar-refractivity contribution is 7.90. The molecule has 34 heavy (non-hydrogen) atoms. The highest BCUT2D eigenvalue weighted by atomic mass is 35.5. The summed E-state index contributed by atoms with van der Waals surface area (Å²) in [4.78, 5) is 24.2. The molecule has 1 aliphatic rings. The summed E-state index contributed by atoms with van der Waals surface area (Å²) in [7, 11) is -3.46. The van der Waals surface area contributed by atoms with Crippen LogP contribution in [0.3, 0.4) is 0 Å². The molecular formula is C25H29Cl2NO5S. The number of sulfone groups is 1. The number of halogens is 2. The second kappa shape index (κ2) is 11.1. The number of hydrogen-bond donors (Lipinski definition) is 2. The van der Waals surface area contributed by atoms with Crippen molar-refractivity contribution in [2.24, 2.45) is 11.8 Å². The zero-order valence-corrected chi connectivity index (χ0v) is 21.4. The summed E-state index contributed by atoms with van der Waals surface area (Å²) < 4.78 is 25.6. The summed E-state index contributed by atoms with van der Waals surface area (Å²) in [5.41, 5.74) is 1.55. The first kappa shape index (κ1) is 26.5. The van der Waals surface area contributed by atoms with Crippen LogP contribution in [0.25, 0.3) is 0 Å². The number of piperidine rings is 1. The Labute approximate surface area is 210 Å². The second-order valence-electron chi connectivity index (χ2n) is 9.00. The molecule has 9 heteroatoms. The summed E-state index contributed by atoms with van der Waals surface area (Å²) in [5, 5.41) is 12.6. The van der Waals surface area contributed by atoms with E-state index in [0.29, 0.717) is 34.9 Å². The Morgan fingerprint density at radius 2 is 1.82 bits per heavy atom. The van der Waals surface area contributed by atoms with Crippen molar-refractivity contribution >= 4 is 44.9 Å². The highest BCUT2D eigenvalue weighted by Crippen LogP contribution is 2.41. The third-order valence-corrected chi connectivity index (χ3v) is 8.64. The quantitative estimate of drug-likeness (QED) is 0.465. The number of carbonyl (C=O) groups excluding carboxylic acids is 1. The normalized spacial score (nSPS) is 22.6. The molecule has 2 N–H and O–H groups in total. The van der Waals surface area contributed by atoms with E-state index in [4.69, 9.17) is 23.2 Å². The first-order valence-electron chi connectivity index (χ1n) is 11.2. The summed E-state index contributed by atoms with van der Waals surface area (Å²) in [6.45, 7) is 1.97. The number of hydrogen-bond acceptors (Lipinski definition) is 4. The maximum atomic E-state index is 12.9. The van der Waals surface area contributed by atoms with Gasteiger partial charge in [-0.05, 0) is 54.2 Å². The van der Waals surface area contributed by atoms with Crippen LogP contribution in [-0.2, 0) is 19.4 Å². The monoisotopic (exact) mass is 525 g/mol. The van der Waals surface area contributed by atoms with E-state index in [1.807, 2.05) is 25.1 Å². The Bertz CT molecular complexity index is 1140. The van der Waals surface area contributed by atoms with Gasteiger partial charge in [-0.15, -0.1) is 0 Å². The van der Waals surface area contributed by atoms with Gasteiger partial charge in [-0.1, -0.05) is 60.8 Å². The maximum Gasteiger partial charge on any atom is 0.304 e. The van der Waals surface area contributed by atoms with Gasteiger partial charge in [0.25, 0.3) is 0 Å². The number of carbonyl (C=O) groups is 2. The molecule has 0 bridgehead atoms. The standard InChI is InChI=1S/C25H29Cl2NO5S/c1-3-15(13-22(34(2,32)33)16-7-9-19(26)10-8-16)24-21(17-5-4-6-20(27)11-17)12-18(14-23(29)30)25(31)28-24/h4-11,15,18,21-22,24H,3,12-14H2,1-2H3,(H,28,31)(H,29,30). The van der Waals surface area contributed by atoms with Gasteiger partial charge in [0.15, 0.2) is 9.84 Å². The Balaban J connectivity index is 1.98. The minimum atomic E-state index is -3.46. The zero-order chi connectivity index (χ0) is 25.0. The smallest absolute Gasteiger partial charge is 0.304 e. The number of rotatable bonds is 9. The van der Waals surface area contributed by atoms with Crippen molar-refractivity contribution in [2.45, 2.75) is 49.8 Å². The Morgan fingerprint density at radius 1 is 1.15 bits per heavy atom. The van der Waals surface area contributed by atoms with E-state index in [1.54, 1.807) is 30.3 Å². The van der Waals surface area contributed by atoms with E-state index < -0.39 is 27.0 Å². The van der Waals surface area contributed by atoms with E-state index in [2.05, 4.69) is 5.32 Å². The third-order valence-electron chi connectivity index (χ3n) is 6.66. The number of aliphatic carboxylic acids is 1. The van der Waals surface area contributed by atoms with Crippen molar-refractivity contribution in [1.82, 2.24) is 5.32 Å². The molecule has 2 aromatic rings. The fraction of sp³-hybridized carbons (Fsp3) is 0.440. The van der Waals surface area contributed by atoms with Crippen molar-refractivity contribution in [3.63, 3.8) is 0 Å². The molecule has 0 aliphatic carbocycles. The van der Waals surface area contributed by atoms with Crippen LogP contribution in [0.15, 0.2) is 48.5 Å². The molecule has 3 rings (SSSR count). The lowest BCUT2D eigenvalue weighted by Gasteiger charge is -2.41. The van der Waals surface area contributed by atoms with Crippen LogP contribution in [0.5, 0.6) is 0 Å². The molecule has 6 nitrogen and oxygen atoms in total. The van der Waals surface area contributed by atoms with E-state index in [9.17, 15) is 23.1 Å². The van der Waals surface area contributed by atoms with Crippen molar-refractivity contribution in [1.29, 1.82) is 0 Å². The molecule has 1 aliphatic heterocycles. The van der Waals surface area contributed by atoms with Crippen LogP contribution in [0.1, 0.15) is 54.9 Å². The van der Waals surface area contributed by atoms with E-state index in [1.165, 1.54) is 6.26 Å². The molecule has 1 fully saturated rings. The molecular weight excluding hydrogens is 497 g/mol. The van der Waals surface area contributed by atoms with Gasteiger partial charge in [-0.2, -0.15) is 0 Å². The number of carboxylic acid groups (broad SMARTS) is 1. The summed E-state index contributed by atoms with van der Waals surface area (Å²) in [6, 6.07) is 13.7. The zero-order valence-electron chi connectivity index (χ0n) is 19.1. The van der Waals surface area contributed by atoms with Gasteiger partial charge in [0.05, 0.1) is 11.7 Å². The fourth-order valence-electron chi connectivity index (χ4n) is 4.93. The van der Waals surface area contributed by atoms with Crippen molar-refractivity contribution in [2.75, 3.05) is 6.26 Å². The summed E-state index contributed by atoms with van der Waals surface area (Å²) >= 11 is 12.2. The predicted molar refractivity (Wildman–Crippen MR) is 134 cm³/mol. The Hall–Kier alpha value is -2.09. The van der Waals surface area contributed by atoms with Gasteiger partial charge in [0.1, 0.15) is 0 Å². The van der Waals surface area contributed by atoms with Crippen LogP contribution >= 0.6 is 23.2 Å². The van der Waals surface area contributed by atoms with Gasteiger partial charge < -0.3 is 10.4 Å². The van der Waals surface area contributed by atoms with Crippen LogP contribution in [0.4, 0.5) is 0 Å². The van der Waals surface area contributed by atoms with E-state index in [0.717, 1.165) is 5.56 Å². The van der Waals surface area contributed by atoms with Crippen LogP contribution in [0.2, 0.25) is 10.0 Å². The molecule has 1 amide bonds. The van der Waals surface area contributed by atoms with E-state index >= 15 is 0 Å². The fourth-order valence-corrected chi connectivity index (χ4v) is 6.51. The Morgan fingerprint density at radius 3 is 2.38 bits per heavy atom. The average Bonchev–Trinajstić information content (AvgIpc) is 2.75. The SMILES string of the molecule is CCC(CC(c1ccc(Cl)cc1)S(C)(=O)=O)C1NC(=O)C(CC(=O)O)CC1c1cccc(Cl)c1. The lowest BCUT2D eigenvalue weighted by Crippen LogP contribution is -2.52. The minimum Gasteiger partial charge on any atom is -0.481 e. The van der Waals surface area contributed by atoms with Crippen LogP contribution in [0, 0.1) is 11.8 Å². The average molecular weight is 526 g/mol. The molecule has 0 saturated carbocycles. The maximum absolute atomic E-state index is 12.9. The van der Waals surface area contributed by atoms with E-state index in [-0.39, 0.29) is 30.2 Å². The molecule has 5 unspecified atom stereocenters. The lowest BCUT2D eigenvalue weighted by atomic mass is 9.72. The molecule has 1 heterocycles. The largest absolute Gasteiger partial charge is 0.481 e. The number of carboxylic acids is 1. The lowest BCUT2D eigenvalue weighted by molar-refractivity contribution is -0.142. The predicted octanol–water partition coefficient (Wildman–Crippen LogP) is 5.26. The molecule has 0 radical (unpaired) electrons. The highest BCUT2D eigenvalue weighted by Gasteiger charge is 2.42. The van der Waals surface area contributed by atoms with Gasteiger partial charge in [-0.25, -0.2) is 8.42 Å². The summed E-state index contributed by atoms with van der Waals surface area (Å²) in [5.74, 6) is -2.38. The molecule has 1 saturated heterocycles. The van der Waals surface area contributed by atoms with Crippen molar-refractivity contribution in [3.8, 4) is 0 Å². The molecule has 184 valence electrons. The topological polar surface area (TPSA) is 101 Å². The number of amides is 1. The first-order valence-corrected chi connectivity index (χ1v) is 13.9. The van der Waals surface area contributed by atoms with Crippen LogP contribution < -0.4 is 5.32 Å². The third kappa shape index (κ3) is 6.52. The van der Waals surface area contributed by atoms with Crippen molar-refractivity contribution in [3.05, 3.63) is 69.7 Å². The molecule has 0 spiro atoms. The molecule has 0 aromatic heterocycles. The van der Waals surface area contributed by atoms with Gasteiger partial charge in [-0.3, -0.25) is 9.59 Å². The first-order chi connectivity index (χ1) is 16.0. The number of benzene rings is 2. The van der Waals surface area contributed by atoms with Crippen molar-refractivity contribution < 1.29 is 23.1 Å². The second-order valence-corrected chi connectivity index (χ2v) is 12.1. The van der Waals surface area contributed by atoms with Gasteiger partial charge in [0.2, 0.25) is 5.91 Å². The van der Waals surface area contributed by atoms with Gasteiger partial charge in [0, 0.05) is 34.2 Å². The molecule has 5 atom stereocenters.